The van der Waals surface area contributed by atoms with Crippen molar-refractivity contribution in [3.63, 3.8) is 0 Å². The van der Waals surface area contributed by atoms with Gasteiger partial charge in [0.15, 0.2) is 0 Å². The molecular formula is C19H28N2O2. The molecule has 0 radical (unpaired) electrons. The van der Waals surface area contributed by atoms with Crippen molar-refractivity contribution in [2.75, 3.05) is 19.7 Å². The molecule has 0 aromatic heterocycles. The highest BCUT2D eigenvalue weighted by molar-refractivity contribution is 5.79. The number of nitrogens with one attached hydrogen (secondary N) is 2. The fraction of sp³-hybridized carbons (Fsp3) is 0.632. The third-order valence-electron chi connectivity index (χ3n) is 4.96. The third-order valence-corrected chi connectivity index (χ3v) is 4.96. The van der Waals surface area contributed by atoms with Crippen molar-refractivity contribution in [3.05, 3.63) is 29.8 Å². The van der Waals surface area contributed by atoms with Crippen LogP contribution in [0, 0.1) is 5.92 Å². The van der Waals surface area contributed by atoms with Crippen LogP contribution in [0.1, 0.15) is 44.1 Å². The van der Waals surface area contributed by atoms with Crippen LogP contribution in [0.2, 0.25) is 0 Å². The second-order valence-corrected chi connectivity index (χ2v) is 6.75. The first-order valence-corrected chi connectivity index (χ1v) is 9.05. The average molecular weight is 316 g/mol. The highest BCUT2D eigenvalue weighted by atomic mass is 16.5. The molecule has 1 atom stereocenters. The Kier molecular flexibility index (Phi) is 5.92. The number of carbonyl (C=O) groups is 1. The summed E-state index contributed by atoms with van der Waals surface area (Å²) in [6, 6.07) is 8.62. The molecule has 1 heterocycles. The fourth-order valence-electron chi connectivity index (χ4n) is 3.59. The quantitative estimate of drug-likeness (QED) is 0.648. The Balaban J connectivity index is 1.37. The van der Waals surface area contributed by atoms with E-state index in [9.17, 15) is 4.79 Å². The molecule has 1 saturated carbocycles. The van der Waals surface area contributed by atoms with Gasteiger partial charge < -0.3 is 15.4 Å². The number of fused-ring (bicyclic) bond motifs is 1. The number of hydrogen-bond donors (Lipinski definition) is 2. The lowest BCUT2D eigenvalue weighted by molar-refractivity contribution is -0.126. The molecule has 0 saturated heterocycles. The molecule has 1 aliphatic heterocycles. The molecular weight excluding hydrogens is 288 g/mol. The molecule has 2 aliphatic rings. The molecule has 23 heavy (non-hydrogen) atoms. The first-order valence-electron chi connectivity index (χ1n) is 9.05. The van der Waals surface area contributed by atoms with Gasteiger partial charge in [-0.3, -0.25) is 4.79 Å². The molecule has 2 N–H and O–H groups in total. The Morgan fingerprint density at radius 2 is 1.87 bits per heavy atom. The molecule has 1 aromatic rings. The van der Waals surface area contributed by atoms with Crippen molar-refractivity contribution in [2.45, 2.75) is 51.0 Å². The van der Waals surface area contributed by atoms with Gasteiger partial charge in [-0.25, -0.2) is 0 Å². The number of ether oxygens (including phenoxy) is 1. The molecule has 1 aromatic carbocycles. The summed E-state index contributed by atoms with van der Waals surface area (Å²) in [7, 11) is 0. The smallest absolute Gasteiger partial charge is 0.226 e. The number of hydrogen-bond acceptors (Lipinski definition) is 3. The lowest BCUT2D eigenvalue weighted by Crippen LogP contribution is -2.41. The second-order valence-electron chi connectivity index (χ2n) is 6.75. The maximum atomic E-state index is 12.3. The molecule has 1 aliphatic carbocycles. The molecule has 0 bridgehead atoms. The van der Waals surface area contributed by atoms with Crippen molar-refractivity contribution < 1.29 is 9.53 Å². The maximum Gasteiger partial charge on any atom is 0.226 e. The number of benzene rings is 1. The Hall–Kier alpha value is -1.55. The van der Waals surface area contributed by atoms with Gasteiger partial charge in [-0.15, -0.1) is 0 Å². The molecule has 1 fully saturated rings. The van der Waals surface area contributed by atoms with Crippen LogP contribution in [-0.4, -0.2) is 31.6 Å². The zero-order valence-electron chi connectivity index (χ0n) is 13.9. The van der Waals surface area contributed by atoms with Crippen molar-refractivity contribution in [1.82, 2.24) is 10.6 Å². The summed E-state index contributed by atoms with van der Waals surface area (Å²) < 4.78 is 5.70. The minimum absolute atomic E-state index is 0.0669. The normalized spacial score (nSPS) is 21.8. The number of rotatable bonds is 5. The van der Waals surface area contributed by atoms with Crippen molar-refractivity contribution in [3.8, 4) is 5.75 Å². The summed E-state index contributed by atoms with van der Waals surface area (Å²) in [5, 5.41) is 6.65. The van der Waals surface area contributed by atoms with Crippen LogP contribution in [0.5, 0.6) is 5.75 Å². The van der Waals surface area contributed by atoms with Gasteiger partial charge in [0.05, 0.1) is 5.92 Å². The minimum Gasteiger partial charge on any atom is -0.492 e. The first-order chi connectivity index (χ1) is 11.3. The standard InChI is InChI=1S/C19H28N2O2/c22-19(16-13-15-7-5-6-10-18(15)23-14-16)21-12-11-20-17-8-3-1-2-4-9-17/h5-7,10,16-17,20H,1-4,8-9,11-14H2,(H,21,22). The van der Waals surface area contributed by atoms with Crippen molar-refractivity contribution >= 4 is 5.91 Å². The lowest BCUT2D eigenvalue weighted by atomic mass is 9.96. The molecule has 1 unspecified atom stereocenters. The summed E-state index contributed by atoms with van der Waals surface area (Å²) in [5.74, 6) is 0.969. The van der Waals surface area contributed by atoms with E-state index < -0.39 is 0 Å². The van der Waals surface area contributed by atoms with Crippen LogP contribution in [0.3, 0.4) is 0 Å². The van der Waals surface area contributed by atoms with E-state index in [0.717, 1.165) is 24.3 Å². The molecule has 0 spiro atoms. The van der Waals surface area contributed by atoms with Crippen LogP contribution in [-0.2, 0) is 11.2 Å². The summed E-state index contributed by atoms with van der Waals surface area (Å²) in [4.78, 5) is 12.3. The van der Waals surface area contributed by atoms with Gasteiger partial charge in [0, 0.05) is 19.1 Å². The molecule has 126 valence electrons. The summed E-state index contributed by atoms with van der Waals surface area (Å²) in [6.07, 6.45) is 8.75. The predicted molar refractivity (Wildman–Crippen MR) is 91.6 cm³/mol. The van der Waals surface area contributed by atoms with Gasteiger partial charge >= 0.3 is 0 Å². The lowest BCUT2D eigenvalue weighted by Gasteiger charge is -2.24. The van der Waals surface area contributed by atoms with Gasteiger partial charge in [-0.2, -0.15) is 0 Å². The molecule has 3 rings (SSSR count). The van der Waals surface area contributed by atoms with Crippen LogP contribution in [0.15, 0.2) is 24.3 Å². The van der Waals surface area contributed by atoms with Crippen LogP contribution in [0.25, 0.3) is 0 Å². The Morgan fingerprint density at radius 3 is 2.70 bits per heavy atom. The second kappa shape index (κ2) is 8.34. The van der Waals surface area contributed by atoms with Gasteiger partial charge in [0.2, 0.25) is 5.91 Å². The van der Waals surface area contributed by atoms with Crippen molar-refractivity contribution in [1.29, 1.82) is 0 Å². The van der Waals surface area contributed by atoms with E-state index in [1.54, 1.807) is 0 Å². The van der Waals surface area contributed by atoms with Crippen molar-refractivity contribution in [2.24, 2.45) is 5.92 Å². The predicted octanol–water partition coefficient (Wildman–Crippen LogP) is 2.67. The first kappa shape index (κ1) is 16.3. The van der Waals surface area contributed by atoms with Gasteiger partial charge in [-0.05, 0) is 30.9 Å². The van der Waals surface area contributed by atoms with Crippen LogP contribution >= 0.6 is 0 Å². The summed E-state index contributed by atoms with van der Waals surface area (Å²) in [5.41, 5.74) is 1.13. The molecule has 1 amide bonds. The Bertz CT molecular complexity index is 510. The van der Waals surface area contributed by atoms with Gasteiger partial charge in [0.1, 0.15) is 12.4 Å². The number of para-hydroxylation sites is 1. The minimum atomic E-state index is -0.0669. The van der Waals surface area contributed by atoms with Crippen LogP contribution in [0.4, 0.5) is 0 Å². The highest BCUT2D eigenvalue weighted by Crippen LogP contribution is 2.26. The van der Waals surface area contributed by atoms with E-state index in [4.69, 9.17) is 4.74 Å². The Morgan fingerprint density at radius 1 is 1.09 bits per heavy atom. The van der Waals surface area contributed by atoms with Gasteiger partial charge in [0.25, 0.3) is 0 Å². The SMILES string of the molecule is O=C(NCCNC1CCCCCC1)C1COc2ccccc2C1. The largest absolute Gasteiger partial charge is 0.492 e. The van der Waals surface area contributed by atoms with E-state index in [1.165, 1.54) is 38.5 Å². The van der Waals surface area contributed by atoms with E-state index in [-0.39, 0.29) is 11.8 Å². The van der Waals surface area contributed by atoms with E-state index in [0.29, 0.717) is 19.2 Å². The monoisotopic (exact) mass is 316 g/mol. The fourth-order valence-corrected chi connectivity index (χ4v) is 3.59. The van der Waals surface area contributed by atoms with E-state index in [2.05, 4.69) is 10.6 Å². The van der Waals surface area contributed by atoms with Gasteiger partial charge in [-0.1, -0.05) is 43.9 Å². The average Bonchev–Trinajstić information content (AvgIpc) is 2.87. The highest BCUT2D eigenvalue weighted by Gasteiger charge is 2.25. The summed E-state index contributed by atoms with van der Waals surface area (Å²) in [6.45, 7) is 2.05. The number of amides is 1. The third kappa shape index (κ3) is 4.71. The zero-order valence-corrected chi connectivity index (χ0v) is 13.9. The topological polar surface area (TPSA) is 50.4 Å². The molecule has 4 nitrogen and oxygen atoms in total. The van der Waals surface area contributed by atoms with E-state index in [1.807, 2.05) is 24.3 Å². The van der Waals surface area contributed by atoms with Crippen LogP contribution < -0.4 is 15.4 Å². The maximum absolute atomic E-state index is 12.3. The Labute approximate surface area is 139 Å². The molecule has 4 heteroatoms. The zero-order chi connectivity index (χ0) is 15.9. The summed E-state index contributed by atoms with van der Waals surface area (Å²) >= 11 is 0. The van der Waals surface area contributed by atoms with E-state index >= 15 is 0 Å². The number of carbonyl (C=O) groups excluding carboxylic acids is 1.